The monoisotopic (exact) mass is 200 g/mol. The van der Waals surface area contributed by atoms with Gasteiger partial charge < -0.3 is 10.7 Å². The second kappa shape index (κ2) is 3.03. The maximum absolute atomic E-state index is 5.66. The molecular formula is C7H9BrN2. The van der Waals surface area contributed by atoms with Crippen LogP contribution in [0.1, 0.15) is 11.7 Å². The van der Waals surface area contributed by atoms with Crippen LogP contribution in [0.3, 0.4) is 0 Å². The minimum atomic E-state index is -0.107. The van der Waals surface area contributed by atoms with Crippen LogP contribution < -0.4 is 5.73 Å². The fraction of sp³-hybridized carbons (Fsp3) is 0.143. The summed E-state index contributed by atoms with van der Waals surface area (Å²) in [6, 6.07) is 1.81. The van der Waals surface area contributed by atoms with Crippen LogP contribution in [-0.4, -0.2) is 4.98 Å². The molecule has 10 heavy (non-hydrogen) atoms. The van der Waals surface area contributed by atoms with E-state index in [9.17, 15) is 0 Å². The van der Waals surface area contributed by atoms with Crippen molar-refractivity contribution in [1.29, 1.82) is 0 Å². The van der Waals surface area contributed by atoms with E-state index in [-0.39, 0.29) is 6.04 Å². The van der Waals surface area contributed by atoms with Crippen molar-refractivity contribution in [3.8, 4) is 0 Å². The van der Waals surface area contributed by atoms with Gasteiger partial charge >= 0.3 is 0 Å². The molecule has 1 rings (SSSR count). The Morgan fingerprint density at radius 2 is 2.50 bits per heavy atom. The Kier molecular flexibility index (Phi) is 2.29. The molecule has 0 aliphatic rings. The number of hydrogen-bond donors (Lipinski definition) is 2. The smallest absolute Gasteiger partial charge is 0.0642 e. The summed E-state index contributed by atoms with van der Waals surface area (Å²) in [4.78, 5) is 3.01. The minimum Gasteiger partial charge on any atom is -0.362 e. The van der Waals surface area contributed by atoms with Gasteiger partial charge in [-0.1, -0.05) is 6.08 Å². The first-order chi connectivity index (χ1) is 4.75. The molecule has 1 aromatic rings. The van der Waals surface area contributed by atoms with Crippen molar-refractivity contribution in [2.24, 2.45) is 5.73 Å². The molecule has 0 radical (unpaired) electrons. The van der Waals surface area contributed by atoms with E-state index in [1.165, 1.54) is 0 Å². The average molecular weight is 201 g/mol. The predicted molar refractivity (Wildman–Crippen MR) is 45.6 cm³/mol. The van der Waals surface area contributed by atoms with Crippen molar-refractivity contribution in [3.05, 3.63) is 35.1 Å². The molecular weight excluding hydrogens is 192 g/mol. The molecule has 0 spiro atoms. The summed E-state index contributed by atoms with van der Waals surface area (Å²) in [6.45, 7) is 3.59. The van der Waals surface area contributed by atoms with E-state index in [0.717, 1.165) is 10.2 Å². The summed E-state index contributed by atoms with van der Waals surface area (Å²) in [5.74, 6) is 0. The summed E-state index contributed by atoms with van der Waals surface area (Å²) < 4.78 is 1.000. The number of nitrogens with two attached hydrogens (primary N) is 1. The molecule has 1 heterocycles. The summed E-state index contributed by atoms with van der Waals surface area (Å²) in [7, 11) is 0. The summed E-state index contributed by atoms with van der Waals surface area (Å²) in [5.41, 5.74) is 6.63. The van der Waals surface area contributed by atoms with Crippen molar-refractivity contribution in [3.63, 3.8) is 0 Å². The Morgan fingerprint density at radius 3 is 2.90 bits per heavy atom. The van der Waals surface area contributed by atoms with Gasteiger partial charge in [0, 0.05) is 10.7 Å². The molecule has 0 aliphatic heterocycles. The Labute approximate surface area is 68.3 Å². The van der Waals surface area contributed by atoms with Crippen molar-refractivity contribution < 1.29 is 0 Å². The van der Waals surface area contributed by atoms with Gasteiger partial charge in [0.1, 0.15) is 0 Å². The lowest BCUT2D eigenvalue weighted by Gasteiger charge is -2.02. The maximum Gasteiger partial charge on any atom is 0.0642 e. The van der Waals surface area contributed by atoms with E-state index in [2.05, 4.69) is 27.5 Å². The Morgan fingerprint density at radius 1 is 1.80 bits per heavy atom. The van der Waals surface area contributed by atoms with Crippen LogP contribution in [0.25, 0.3) is 0 Å². The normalized spacial score (nSPS) is 13.0. The van der Waals surface area contributed by atoms with Crippen LogP contribution >= 0.6 is 15.9 Å². The van der Waals surface area contributed by atoms with Gasteiger partial charge in [-0.2, -0.15) is 0 Å². The fourth-order valence-corrected chi connectivity index (χ4v) is 1.25. The number of rotatable bonds is 2. The molecule has 0 bridgehead atoms. The fourth-order valence-electron chi connectivity index (χ4n) is 0.737. The van der Waals surface area contributed by atoms with Crippen molar-refractivity contribution in [1.82, 2.24) is 4.98 Å². The highest BCUT2D eigenvalue weighted by Crippen LogP contribution is 2.20. The van der Waals surface area contributed by atoms with Crippen LogP contribution in [0.2, 0.25) is 0 Å². The molecule has 0 aromatic carbocycles. The minimum absolute atomic E-state index is 0.107. The Balaban J connectivity index is 2.92. The largest absolute Gasteiger partial charge is 0.362 e. The van der Waals surface area contributed by atoms with Gasteiger partial charge in [-0.25, -0.2) is 0 Å². The van der Waals surface area contributed by atoms with E-state index in [0.29, 0.717) is 0 Å². The van der Waals surface area contributed by atoms with Crippen LogP contribution in [-0.2, 0) is 0 Å². The van der Waals surface area contributed by atoms with Crippen LogP contribution in [0.4, 0.5) is 0 Å². The highest BCUT2D eigenvalue weighted by Gasteiger charge is 2.05. The first kappa shape index (κ1) is 7.57. The lowest BCUT2D eigenvalue weighted by atomic mass is 10.2. The van der Waals surface area contributed by atoms with E-state index in [1.807, 2.05) is 12.3 Å². The van der Waals surface area contributed by atoms with Gasteiger partial charge in [0.05, 0.1) is 11.7 Å². The molecule has 0 fully saturated rings. The third-order valence-electron chi connectivity index (χ3n) is 1.31. The maximum atomic E-state index is 5.66. The number of aromatic amines is 1. The van der Waals surface area contributed by atoms with Gasteiger partial charge in [-0.05, 0) is 22.0 Å². The van der Waals surface area contributed by atoms with Gasteiger partial charge in [-0.15, -0.1) is 6.58 Å². The van der Waals surface area contributed by atoms with Gasteiger partial charge in [-0.3, -0.25) is 0 Å². The zero-order valence-corrected chi connectivity index (χ0v) is 7.06. The third kappa shape index (κ3) is 1.30. The topological polar surface area (TPSA) is 41.8 Å². The summed E-state index contributed by atoms with van der Waals surface area (Å²) >= 11 is 3.35. The highest BCUT2D eigenvalue weighted by molar-refractivity contribution is 9.10. The standard InChI is InChI=1S/C7H9BrN2/c1-2-6(9)7-5(8)3-4-10-7/h2-4,6,10H,1,9H2. The van der Waals surface area contributed by atoms with E-state index in [1.54, 1.807) is 6.08 Å². The summed E-state index contributed by atoms with van der Waals surface area (Å²) in [6.07, 6.45) is 3.53. The molecule has 3 N–H and O–H groups in total. The van der Waals surface area contributed by atoms with Gasteiger partial charge in [0.15, 0.2) is 0 Å². The number of nitrogens with one attached hydrogen (secondary N) is 1. The lowest BCUT2D eigenvalue weighted by Crippen LogP contribution is -2.06. The highest BCUT2D eigenvalue weighted by atomic mass is 79.9. The second-order valence-corrected chi connectivity index (χ2v) is 2.86. The molecule has 0 saturated carbocycles. The third-order valence-corrected chi connectivity index (χ3v) is 2.00. The number of halogens is 1. The quantitative estimate of drug-likeness (QED) is 0.705. The number of aromatic nitrogens is 1. The SMILES string of the molecule is C=CC(N)c1[nH]ccc1Br. The molecule has 1 aromatic heterocycles. The zero-order valence-electron chi connectivity index (χ0n) is 5.47. The van der Waals surface area contributed by atoms with Crippen molar-refractivity contribution in [2.75, 3.05) is 0 Å². The average Bonchev–Trinajstić information content (AvgIpc) is 2.34. The lowest BCUT2D eigenvalue weighted by molar-refractivity contribution is 0.870. The van der Waals surface area contributed by atoms with Gasteiger partial charge in [0.2, 0.25) is 0 Å². The molecule has 1 atom stereocenters. The number of hydrogen-bond acceptors (Lipinski definition) is 1. The molecule has 0 amide bonds. The van der Waals surface area contributed by atoms with E-state index in [4.69, 9.17) is 5.73 Å². The van der Waals surface area contributed by atoms with Crippen molar-refractivity contribution in [2.45, 2.75) is 6.04 Å². The molecule has 2 nitrogen and oxygen atoms in total. The number of H-pyrrole nitrogens is 1. The molecule has 54 valence electrons. The predicted octanol–water partition coefficient (Wildman–Crippen LogP) is 1.96. The van der Waals surface area contributed by atoms with Crippen LogP contribution in [0, 0.1) is 0 Å². The summed E-state index contributed by atoms with van der Waals surface area (Å²) in [5, 5.41) is 0. The molecule has 0 saturated heterocycles. The van der Waals surface area contributed by atoms with Crippen LogP contribution in [0.15, 0.2) is 29.4 Å². The Bertz CT molecular complexity index is 229. The van der Waals surface area contributed by atoms with Crippen molar-refractivity contribution >= 4 is 15.9 Å². The first-order valence-corrected chi connectivity index (χ1v) is 3.76. The second-order valence-electron chi connectivity index (χ2n) is 2.00. The molecule has 3 heteroatoms. The van der Waals surface area contributed by atoms with E-state index < -0.39 is 0 Å². The van der Waals surface area contributed by atoms with E-state index >= 15 is 0 Å². The first-order valence-electron chi connectivity index (χ1n) is 2.96. The van der Waals surface area contributed by atoms with Crippen LogP contribution in [0.5, 0.6) is 0 Å². The molecule has 0 aliphatic carbocycles. The zero-order chi connectivity index (χ0) is 7.56. The van der Waals surface area contributed by atoms with Gasteiger partial charge in [0.25, 0.3) is 0 Å². The Hall–Kier alpha value is -0.540. The molecule has 1 unspecified atom stereocenters.